The lowest BCUT2D eigenvalue weighted by atomic mass is 10.1. The zero-order valence-electron chi connectivity index (χ0n) is 6.48. The second-order valence-electron chi connectivity index (χ2n) is 3.26. The Balaban J connectivity index is 2.51. The van der Waals surface area contributed by atoms with Crippen LogP contribution >= 0.6 is 23.2 Å². The fourth-order valence-electron chi connectivity index (χ4n) is 1.29. The van der Waals surface area contributed by atoms with Crippen LogP contribution in [0, 0.1) is 0 Å². The van der Waals surface area contributed by atoms with Crippen molar-refractivity contribution in [3.05, 3.63) is 33.8 Å². The number of rotatable bonds is 1. The molecule has 12 heavy (non-hydrogen) atoms. The molecule has 0 aromatic heterocycles. The fraction of sp³-hybridized carbons (Fsp3) is 0.333. The molecule has 0 saturated heterocycles. The van der Waals surface area contributed by atoms with E-state index < -0.39 is 0 Å². The monoisotopic (exact) mass is 201 g/mol. The van der Waals surface area contributed by atoms with Gasteiger partial charge in [0.1, 0.15) is 0 Å². The van der Waals surface area contributed by atoms with Gasteiger partial charge in [0.25, 0.3) is 0 Å². The highest BCUT2D eigenvalue weighted by atomic mass is 35.5. The van der Waals surface area contributed by atoms with E-state index >= 15 is 0 Å². The second kappa shape index (κ2) is 2.63. The lowest BCUT2D eigenvalue weighted by Gasteiger charge is -2.11. The highest BCUT2D eigenvalue weighted by molar-refractivity contribution is 6.42. The topological polar surface area (TPSA) is 26.0 Å². The van der Waals surface area contributed by atoms with E-state index in [9.17, 15) is 0 Å². The lowest BCUT2D eigenvalue weighted by Crippen LogP contribution is -2.19. The molecule has 3 heteroatoms. The summed E-state index contributed by atoms with van der Waals surface area (Å²) >= 11 is 11.9. The molecule has 1 aliphatic carbocycles. The van der Waals surface area contributed by atoms with Crippen molar-refractivity contribution in [2.45, 2.75) is 18.4 Å². The van der Waals surface area contributed by atoms with Gasteiger partial charge >= 0.3 is 0 Å². The minimum atomic E-state index is -0.192. The lowest BCUT2D eigenvalue weighted by molar-refractivity contribution is 0.740. The molecule has 0 amide bonds. The summed E-state index contributed by atoms with van der Waals surface area (Å²) in [4.78, 5) is 0. The zero-order chi connectivity index (χ0) is 8.77. The molecule has 2 rings (SSSR count). The summed E-state index contributed by atoms with van der Waals surface area (Å²) in [5, 5.41) is 1.20. The molecule has 1 aliphatic rings. The van der Waals surface area contributed by atoms with Crippen LogP contribution in [-0.4, -0.2) is 0 Å². The van der Waals surface area contributed by atoms with Gasteiger partial charge in [-0.3, -0.25) is 0 Å². The van der Waals surface area contributed by atoms with Crippen LogP contribution in [0.15, 0.2) is 18.2 Å². The van der Waals surface area contributed by atoms with Crippen molar-refractivity contribution < 1.29 is 0 Å². The maximum absolute atomic E-state index is 6.01. The highest BCUT2D eigenvalue weighted by Crippen LogP contribution is 2.46. The minimum absolute atomic E-state index is 0.192. The molecule has 64 valence electrons. The van der Waals surface area contributed by atoms with Crippen LogP contribution in [0.3, 0.4) is 0 Å². The molecule has 1 aromatic carbocycles. The zero-order valence-corrected chi connectivity index (χ0v) is 7.99. The Labute approximate surface area is 81.5 Å². The first kappa shape index (κ1) is 8.36. The van der Waals surface area contributed by atoms with E-state index in [1.165, 1.54) is 0 Å². The number of hydrogen-bond acceptors (Lipinski definition) is 1. The summed E-state index contributed by atoms with van der Waals surface area (Å²) in [5.41, 5.74) is 6.79. The molecule has 1 nitrogen and oxygen atoms in total. The van der Waals surface area contributed by atoms with E-state index in [1.54, 1.807) is 6.07 Å². The van der Waals surface area contributed by atoms with E-state index in [0.717, 1.165) is 18.4 Å². The third kappa shape index (κ3) is 1.22. The van der Waals surface area contributed by atoms with E-state index in [4.69, 9.17) is 28.9 Å². The molecular weight excluding hydrogens is 193 g/mol. The Morgan fingerprint density at radius 2 is 1.92 bits per heavy atom. The number of benzene rings is 1. The molecule has 0 aliphatic heterocycles. The third-order valence-corrected chi connectivity index (χ3v) is 3.10. The van der Waals surface area contributed by atoms with Crippen molar-refractivity contribution in [3.63, 3.8) is 0 Å². The Kier molecular flexibility index (Phi) is 1.83. The largest absolute Gasteiger partial charge is 0.321 e. The summed E-state index contributed by atoms with van der Waals surface area (Å²) in [7, 11) is 0. The maximum Gasteiger partial charge on any atom is 0.0642 e. The van der Waals surface area contributed by atoms with Crippen LogP contribution in [0.5, 0.6) is 0 Å². The van der Waals surface area contributed by atoms with Crippen molar-refractivity contribution in [1.29, 1.82) is 0 Å². The van der Waals surface area contributed by atoms with Gasteiger partial charge in [-0.05, 0) is 24.5 Å². The van der Waals surface area contributed by atoms with E-state index in [-0.39, 0.29) is 5.54 Å². The summed E-state index contributed by atoms with van der Waals surface area (Å²) in [6, 6.07) is 5.61. The third-order valence-electron chi connectivity index (χ3n) is 2.28. The molecule has 1 aromatic rings. The van der Waals surface area contributed by atoms with Gasteiger partial charge < -0.3 is 5.73 Å². The molecule has 0 heterocycles. The first-order valence-electron chi connectivity index (χ1n) is 3.87. The van der Waals surface area contributed by atoms with Gasteiger partial charge in [-0.1, -0.05) is 35.3 Å². The van der Waals surface area contributed by atoms with Crippen LogP contribution < -0.4 is 5.73 Å². The molecule has 1 saturated carbocycles. The average molecular weight is 202 g/mol. The van der Waals surface area contributed by atoms with Gasteiger partial charge in [0, 0.05) is 5.54 Å². The van der Waals surface area contributed by atoms with Crippen LogP contribution in [0.25, 0.3) is 0 Å². The fourth-order valence-corrected chi connectivity index (χ4v) is 1.78. The second-order valence-corrected chi connectivity index (χ2v) is 4.04. The van der Waals surface area contributed by atoms with Gasteiger partial charge in [0.2, 0.25) is 0 Å². The maximum atomic E-state index is 6.01. The Bertz CT molecular complexity index is 318. The predicted molar refractivity (Wildman–Crippen MR) is 51.6 cm³/mol. The van der Waals surface area contributed by atoms with Gasteiger partial charge in [0.15, 0.2) is 0 Å². The smallest absolute Gasteiger partial charge is 0.0642 e. The first-order valence-corrected chi connectivity index (χ1v) is 4.62. The number of halogens is 2. The molecule has 1 fully saturated rings. The predicted octanol–water partition coefficient (Wildman–Crippen LogP) is 2.94. The number of hydrogen-bond donors (Lipinski definition) is 1. The standard InChI is InChI=1S/C9H9Cl2N/c10-7-3-1-2-6(8(7)11)9(12)4-5-9/h1-3H,4-5,12H2. The summed E-state index contributed by atoms with van der Waals surface area (Å²) in [6.07, 6.45) is 2.01. The highest BCUT2D eigenvalue weighted by Gasteiger charge is 2.41. The van der Waals surface area contributed by atoms with Crippen molar-refractivity contribution >= 4 is 23.2 Å². The van der Waals surface area contributed by atoms with E-state index in [2.05, 4.69) is 0 Å². The normalized spacial score (nSPS) is 19.2. The quantitative estimate of drug-likeness (QED) is 0.744. The van der Waals surface area contributed by atoms with Crippen LogP contribution in [0.1, 0.15) is 18.4 Å². The Hall–Kier alpha value is -0.240. The van der Waals surface area contributed by atoms with E-state index in [0.29, 0.717) is 10.0 Å². The van der Waals surface area contributed by atoms with Gasteiger partial charge in [0.05, 0.1) is 10.0 Å². The van der Waals surface area contributed by atoms with Gasteiger partial charge in [-0.25, -0.2) is 0 Å². The van der Waals surface area contributed by atoms with Gasteiger partial charge in [-0.15, -0.1) is 0 Å². The SMILES string of the molecule is NC1(c2cccc(Cl)c2Cl)CC1. The summed E-state index contributed by atoms with van der Waals surface area (Å²) < 4.78 is 0. The summed E-state index contributed by atoms with van der Waals surface area (Å²) in [6.45, 7) is 0. The first-order chi connectivity index (χ1) is 5.63. The molecule has 0 unspecified atom stereocenters. The molecule has 0 spiro atoms. The Morgan fingerprint density at radius 3 is 2.50 bits per heavy atom. The molecular formula is C9H9Cl2N. The van der Waals surface area contributed by atoms with Crippen LogP contribution in [0.4, 0.5) is 0 Å². The van der Waals surface area contributed by atoms with Crippen LogP contribution in [0.2, 0.25) is 10.0 Å². The van der Waals surface area contributed by atoms with Crippen molar-refractivity contribution in [2.75, 3.05) is 0 Å². The van der Waals surface area contributed by atoms with Crippen molar-refractivity contribution in [3.8, 4) is 0 Å². The average Bonchev–Trinajstić information content (AvgIpc) is 2.75. The van der Waals surface area contributed by atoms with Crippen molar-refractivity contribution in [1.82, 2.24) is 0 Å². The summed E-state index contributed by atoms with van der Waals surface area (Å²) in [5.74, 6) is 0. The minimum Gasteiger partial charge on any atom is -0.321 e. The van der Waals surface area contributed by atoms with Gasteiger partial charge in [-0.2, -0.15) is 0 Å². The van der Waals surface area contributed by atoms with Crippen molar-refractivity contribution in [2.24, 2.45) is 5.73 Å². The van der Waals surface area contributed by atoms with Crippen LogP contribution in [-0.2, 0) is 5.54 Å². The Morgan fingerprint density at radius 1 is 1.25 bits per heavy atom. The molecule has 2 N–H and O–H groups in total. The molecule has 0 atom stereocenters. The number of nitrogens with two attached hydrogens (primary N) is 1. The van der Waals surface area contributed by atoms with E-state index in [1.807, 2.05) is 12.1 Å². The molecule has 0 bridgehead atoms. The molecule has 0 radical (unpaired) electrons.